The minimum absolute atomic E-state index is 0.0549. The molecule has 0 bridgehead atoms. The van der Waals surface area contributed by atoms with Crippen LogP contribution in [0, 0.1) is 6.92 Å². The van der Waals surface area contributed by atoms with Crippen molar-refractivity contribution in [2.24, 2.45) is 0 Å². The number of aromatic nitrogens is 4. The Morgan fingerprint density at radius 2 is 2.14 bits per heavy atom. The minimum atomic E-state index is -3.03. The Balaban J connectivity index is 2.07. The molecule has 1 aromatic heterocycles. The van der Waals surface area contributed by atoms with E-state index in [0.29, 0.717) is 17.9 Å². The van der Waals surface area contributed by atoms with Gasteiger partial charge in [-0.15, -0.1) is 5.10 Å². The summed E-state index contributed by atoms with van der Waals surface area (Å²) in [5.74, 6) is 0.763. The second kappa shape index (κ2) is 4.52. The van der Waals surface area contributed by atoms with Gasteiger partial charge in [-0.05, 0) is 42.3 Å². The summed E-state index contributed by atoms with van der Waals surface area (Å²) in [5.41, 5.74) is 7.74. The zero-order valence-electron chi connectivity index (χ0n) is 11.9. The maximum atomic E-state index is 11.8. The second-order valence-electron chi connectivity index (χ2n) is 5.82. The largest absolute Gasteiger partial charge is 0.398 e. The van der Waals surface area contributed by atoms with Gasteiger partial charge in [-0.25, -0.2) is 13.1 Å². The van der Waals surface area contributed by atoms with Crippen molar-refractivity contribution in [2.75, 3.05) is 17.2 Å². The van der Waals surface area contributed by atoms with Crippen LogP contribution < -0.4 is 5.73 Å². The number of benzene rings is 1. The molecule has 0 spiro atoms. The number of tetrazole rings is 1. The van der Waals surface area contributed by atoms with Gasteiger partial charge in [0.25, 0.3) is 0 Å². The Labute approximate surface area is 123 Å². The summed E-state index contributed by atoms with van der Waals surface area (Å²) < 4.78 is 25.2. The maximum absolute atomic E-state index is 11.8. The van der Waals surface area contributed by atoms with Crippen LogP contribution in [0.15, 0.2) is 18.2 Å². The average Bonchev–Trinajstić information content (AvgIpc) is 2.98. The first kappa shape index (κ1) is 14.0. The number of hydrogen-bond acceptors (Lipinski definition) is 6. The fraction of sp³-hybridized carbons (Fsp3) is 0.462. The molecule has 112 valence electrons. The van der Waals surface area contributed by atoms with Gasteiger partial charge >= 0.3 is 0 Å². The predicted octanol–water partition coefficient (Wildman–Crippen LogP) is 0.764. The molecular weight excluding hydrogens is 290 g/mol. The van der Waals surface area contributed by atoms with E-state index in [4.69, 9.17) is 5.73 Å². The topological polar surface area (TPSA) is 104 Å². The van der Waals surface area contributed by atoms with Crippen molar-refractivity contribution in [1.29, 1.82) is 0 Å². The van der Waals surface area contributed by atoms with E-state index < -0.39 is 15.4 Å². The van der Waals surface area contributed by atoms with Gasteiger partial charge < -0.3 is 5.73 Å². The van der Waals surface area contributed by atoms with Gasteiger partial charge in [0.05, 0.1) is 17.0 Å². The highest BCUT2D eigenvalue weighted by molar-refractivity contribution is 7.91. The summed E-state index contributed by atoms with van der Waals surface area (Å²) in [6.45, 7) is 3.79. The molecule has 1 aliphatic rings. The normalized spacial score (nSPS) is 24.3. The number of hydrogen-bond donors (Lipinski definition) is 1. The summed E-state index contributed by atoms with van der Waals surface area (Å²) >= 11 is 0. The van der Waals surface area contributed by atoms with Crippen LogP contribution in [0.5, 0.6) is 0 Å². The molecule has 1 unspecified atom stereocenters. The lowest BCUT2D eigenvalue weighted by molar-refractivity contribution is 0.325. The highest BCUT2D eigenvalue weighted by Crippen LogP contribution is 2.33. The number of nitrogens with zero attached hydrogens (tertiary/aromatic N) is 4. The van der Waals surface area contributed by atoms with E-state index in [-0.39, 0.29) is 11.5 Å². The summed E-state index contributed by atoms with van der Waals surface area (Å²) in [5, 5.41) is 11.8. The van der Waals surface area contributed by atoms with Gasteiger partial charge in [-0.1, -0.05) is 12.1 Å². The second-order valence-corrected chi connectivity index (χ2v) is 8.01. The van der Waals surface area contributed by atoms with Crippen molar-refractivity contribution in [3.63, 3.8) is 0 Å². The smallest absolute Gasteiger partial charge is 0.182 e. The van der Waals surface area contributed by atoms with E-state index in [1.165, 1.54) is 0 Å². The first-order chi connectivity index (χ1) is 9.81. The Bertz CT molecular complexity index is 799. The number of anilines is 1. The zero-order chi connectivity index (χ0) is 15.3. The molecular formula is C13H17N5O2S. The molecule has 2 N–H and O–H groups in total. The lowest BCUT2D eigenvalue weighted by Crippen LogP contribution is -2.33. The van der Waals surface area contributed by atoms with Crippen LogP contribution >= 0.6 is 0 Å². The van der Waals surface area contributed by atoms with Crippen LogP contribution in [-0.2, 0) is 15.4 Å². The fourth-order valence-corrected chi connectivity index (χ4v) is 4.78. The van der Waals surface area contributed by atoms with E-state index in [0.717, 1.165) is 11.1 Å². The van der Waals surface area contributed by atoms with Crippen LogP contribution in [0.4, 0.5) is 5.69 Å². The number of nitrogen functional groups attached to an aromatic ring is 1. The van der Waals surface area contributed by atoms with Crippen molar-refractivity contribution < 1.29 is 8.42 Å². The van der Waals surface area contributed by atoms with E-state index in [1.54, 1.807) is 4.68 Å². The summed E-state index contributed by atoms with van der Waals surface area (Å²) in [6, 6.07) is 5.60. The molecule has 1 atom stereocenters. The van der Waals surface area contributed by atoms with Crippen molar-refractivity contribution in [2.45, 2.75) is 25.8 Å². The van der Waals surface area contributed by atoms with Crippen LogP contribution in [0.2, 0.25) is 0 Å². The number of sulfone groups is 1. The molecule has 1 saturated heterocycles. The highest BCUT2D eigenvalue weighted by atomic mass is 32.2. The lowest BCUT2D eigenvalue weighted by Gasteiger charge is -2.23. The first-order valence-corrected chi connectivity index (χ1v) is 8.49. The summed E-state index contributed by atoms with van der Waals surface area (Å²) in [6.07, 6.45) is 0.509. The molecule has 3 rings (SSSR count). The molecule has 8 heteroatoms. The monoisotopic (exact) mass is 307 g/mol. The quantitative estimate of drug-likeness (QED) is 0.822. The third-order valence-electron chi connectivity index (χ3n) is 4.00. The maximum Gasteiger partial charge on any atom is 0.182 e. The van der Waals surface area contributed by atoms with Gasteiger partial charge in [0, 0.05) is 11.3 Å². The molecule has 0 amide bonds. The Morgan fingerprint density at radius 3 is 2.76 bits per heavy atom. The fourth-order valence-electron chi connectivity index (χ4n) is 2.67. The van der Waals surface area contributed by atoms with Crippen LogP contribution in [0.1, 0.15) is 18.9 Å². The van der Waals surface area contributed by atoms with E-state index in [9.17, 15) is 8.42 Å². The lowest BCUT2D eigenvalue weighted by atomic mass is 10.0. The minimum Gasteiger partial charge on any atom is -0.398 e. The van der Waals surface area contributed by atoms with Crippen molar-refractivity contribution in [3.8, 4) is 11.4 Å². The van der Waals surface area contributed by atoms with Crippen molar-refractivity contribution >= 4 is 15.5 Å². The number of aryl methyl sites for hydroxylation is 1. The Hall–Kier alpha value is -1.96. The van der Waals surface area contributed by atoms with Crippen LogP contribution in [0.3, 0.4) is 0 Å². The van der Waals surface area contributed by atoms with Crippen molar-refractivity contribution in [1.82, 2.24) is 20.2 Å². The first-order valence-electron chi connectivity index (χ1n) is 6.67. The Morgan fingerprint density at radius 1 is 1.38 bits per heavy atom. The molecule has 2 heterocycles. The van der Waals surface area contributed by atoms with Gasteiger partial charge in [0.15, 0.2) is 15.7 Å². The average molecular weight is 307 g/mol. The summed E-state index contributed by atoms with van der Waals surface area (Å²) in [7, 11) is -3.03. The number of nitrogens with two attached hydrogens (primary N) is 1. The zero-order valence-corrected chi connectivity index (χ0v) is 12.8. The molecule has 0 saturated carbocycles. The molecule has 0 aliphatic carbocycles. The van der Waals surface area contributed by atoms with Crippen LogP contribution in [-0.4, -0.2) is 40.1 Å². The third-order valence-corrected chi connectivity index (χ3v) is 5.89. The molecule has 1 aromatic carbocycles. The molecule has 21 heavy (non-hydrogen) atoms. The molecule has 2 aromatic rings. The van der Waals surface area contributed by atoms with E-state index in [1.807, 2.05) is 32.0 Å². The molecule has 1 fully saturated rings. The summed E-state index contributed by atoms with van der Waals surface area (Å²) in [4.78, 5) is 0. The van der Waals surface area contributed by atoms with Crippen molar-refractivity contribution in [3.05, 3.63) is 23.8 Å². The third kappa shape index (κ3) is 2.39. The Kier molecular flexibility index (Phi) is 3.01. The van der Waals surface area contributed by atoms with E-state index >= 15 is 0 Å². The predicted molar refractivity (Wildman–Crippen MR) is 79.3 cm³/mol. The van der Waals surface area contributed by atoms with Gasteiger partial charge in [0.2, 0.25) is 0 Å². The molecule has 1 aliphatic heterocycles. The highest BCUT2D eigenvalue weighted by Gasteiger charge is 2.42. The molecule has 7 nitrogen and oxygen atoms in total. The van der Waals surface area contributed by atoms with Crippen LogP contribution in [0.25, 0.3) is 11.4 Å². The van der Waals surface area contributed by atoms with Gasteiger partial charge in [0.1, 0.15) is 0 Å². The SMILES string of the molecule is Cc1ccc(-c2nnnn2C2(C)CCS(=O)(=O)C2)cc1N. The standard InChI is InChI=1S/C13H17N5O2S/c1-9-3-4-10(7-11(9)14)12-15-16-17-18(12)13(2)5-6-21(19,20)8-13/h3-4,7H,5-6,8,14H2,1-2H3. The number of rotatable bonds is 2. The molecule has 0 radical (unpaired) electrons. The van der Waals surface area contributed by atoms with Gasteiger partial charge in [-0.3, -0.25) is 0 Å². The van der Waals surface area contributed by atoms with Gasteiger partial charge in [-0.2, -0.15) is 0 Å². The van der Waals surface area contributed by atoms with E-state index in [2.05, 4.69) is 15.5 Å².